The molecule has 0 saturated carbocycles. The van der Waals surface area contributed by atoms with Crippen molar-refractivity contribution in [2.45, 2.75) is 13.3 Å². The molecule has 0 heterocycles. The van der Waals surface area contributed by atoms with Crippen LogP contribution in [0.25, 0.3) is 0 Å². The van der Waals surface area contributed by atoms with Gasteiger partial charge in [-0.1, -0.05) is 31.2 Å². The molecule has 2 aromatic carbocycles. The van der Waals surface area contributed by atoms with Gasteiger partial charge in [0.05, 0.1) is 19.9 Å². The molecule has 0 atom stereocenters. The topological polar surface area (TPSA) is 60.2 Å². The molecule has 0 aliphatic heterocycles. The van der Waals surface area contributed by atoms with Crippen molar-refractivity contribution in [3.05, 3.63) is 48.5 Å². The minimum Gasteiger partial charge on any atom is -0.493 e. The molecule has 0 amide bonds. The van der Waals surface area contributed by atoms with E-state index in [2.05, 4.69) is 10.2 Å². The molecule has 0 aliphatic carbocycles. The monoisotopic (exact) mass is 300 g/mol. The normalized spacial score (nSPS) is 9.77. The highest BCUT2D eigenvalue weighted by Crippen LogP contribution is 2.37. The number of carbonyl (C=O) groups is 1. The fourth-order valence-corrected chi connectivity index (χ4v) is 1.56. The molecule has 0 fully saturated rings. The summed E-state index contributed by atoms with van der Waals surface area (Å²) < 4.78 is 10.5. The fraction of sp³-hybridized carbons (Fsp3) is 0.235. The number of hydrogen-bond donors (Lipinski definition) is 0. The number of aldehydes is 1. The molecule has 0 unspecified atom stereocenters. The molecule has 0 aromatic heterocycles. The predicted molar refractivity (Wildman–Crippen MR) is 86.5 cm³/mol. The van der Waals surface area contributed by atoms with Crippen molar-refractivity contribution in [1.82, 2.24) is 0 Å². The molecular formula is C17H20N2O3. The summed E-state index contributed by atoms with van der Waals surface area (Å²) >= 11 is 0. The van der Waals surface area contributed by atoms with Gasteiger partial charge in [0, 0.05) is 6.42 Å². The number of rotatable bonds is 5. The molecule has 0 N–H and O–H groups in total. The lowest BCUT2D eigenvalue weighted by molar-refractivity contribution is -0.107. The van der Waals surface area contributed by atoms with E-state index in [1.807, 2.05) is 55.5 Å². The number of nitrogens with zero attached hydrogens (tertiary/aromatic N) is 2. The van der Waals surface area contributed by atoms with Crippen LogP contribution in [0.3, 0.4) is 0 Å². The Labute approximate surface area is 130 Å². The highest BCUT2D eigenvalue weighted by atomic mass is 16.5. The minimum absolute atomic E-state index is 0.583. The van der Waals surface area contributed by atoms with Crippen LogP contribution in [-0.2, 0) is 4.79 Å². The van der Waals surface area contributed by atoms with Crippen molar-refractivity contribution in [1.29, 1.82) is 0 Å². The lowest BCUT2D eigenvalue weighted by Crippen LogP contribution is -1.89. The summed E-state index contributed by atoms with van der Waals surface area (Å²) in [6.07, 6.45) is 1.51. The standard InChI is InChI=1S/C14H14N2O2.C3H6O/c1-17-13-10-6-9-12(14(13)18-2)16-15-11-7-4-3-5-8-11;1-2-3-4/h3-10H,1-2H3;3H,2H2,1H3. The van der Waals surface area contributed by atoms with Crippen LogP contribution in [0.1, 0.15) is 13.3 Å². The maximum atomic E-state index is 9.17. The Bertz CT molecular complexity index is 598. The van der Waals surface area contributed by atoms with Crippen molar-refractivity contribution in [3.8, 4) is 11.5 Å². The maximum Gasteiger partial charge on any atom is 0.188 e. The molecule has 2 rings (SSSR count). The Balaban J connectivity index is 0.000000541. The Morgan fingerprint density at radius 1 is 0.955 bits per heavy atom. The van der Waals surface area contributed by atoms with Crippen molar-refractivity contribution < 1.29 is 14.3 Å². The molecule has 5 nitrogen and oxygen atoms in total. The van der Waals surface area contributed by atoms with Crippen molar-refractivity contribution >= 4 is 17.7 Å². The Morgan fingerprint density at radius 3 is 2.18 bits per heavy atom. The van der Waals surface area contributed by atoms with Gasteiger partial charge in [-0.3, -0.25) is 0 Å². The molecule has 0 aliphatic rings. The molecule has 0 radical (unpaired) electrons. The van der Waals surface area contributed by atoms with E-state index < -0.39 is 0 Å². The third-order valence-corrected chi connectivity index (χ3v) is 2.58. The first-order valence-corrected chi connectivity index (χ1v) is 6.88. The lowest BCUT2D eigenvalue weighted by Gasteiger charge is -2.08. The second kappa shape index (κ2) is 10.1. The average Bonchev–Trinajstić information content (AvgIpc) is 2.60. The molecular weight excluding hydrogens is 280 g/mol. The first kappa shape index (κ1) is 17.4. The summed E-state index contributed by atoms with van der Waals surface area (Å²) in [5.74, 6) is 1.22. The Morgan fingerprint density at radius 2 is 1.64 bits per heavy atom. The highest BCUT2D eigenvalue weighted by molar-refractivity contribution is 5.59. The van der Waals surface area contributed by atoms with Gasteiger partial charge in [0.1, 0.15) is 12.0 Å². The van der Waals surface area contributed by atoms with Gasteiger partial charge in [-0.15, -0.1) is 5.11 Å². The Hall–Kier alpha value is -2.69. The van der Waals surface area contributed by atoms with E-state index in [1.165, 1.54) is 0 Å². The molecule has 0 bridgehead atoms. The summed E-state index contributed by atoms with van der Waals surface area (Å²) in [6.45, 7) is 1.81. The maximum absolute atomic E-state index is 9.17. The van der Waals surface area contributed by atoms with E-state index >= 15 is 0 Å². The largest absolute Gasteiger partial charge is 0.493 e. The van der Waals surface area contributed by atoms with Gasteiger partial charge < -0.3 is 14.3 Å². The third-order valence-electron chi connectivity index (χ3n) is 2.58. The summed E-state index contributed by atoms with van der Waals surface area (Å²) in [7, 11) is 3.18. The quantitative estimate of drug-likeness (QED) is 0.593. The lowest BCUT2D eigenvalue weighted by atomic mass is 10.3. The number of ether oxygens (including phenoxy) is 2. The van der Waals surface area contributed by atoms with Crippen LogP contribution < -0.4 is 9.47 Å². The molecule has 2 aromatic rings. The van der Waals surface area contributed by atoms with Crippen LogP contribution >= 0.6 is 0 Å². The van der Waals surface area contributed by atoms with Crippen molar-refractivity contribution in [2.75, 3.05) is 14.2 Å². The van der Waals surface area contributed by atoms with Gasteiger partial charge in [0.15, 0.2) is 11.5 Å². The number of azo groups is 1. The summed E-state index contributed by atoms with van der Waals surface area (Å²) in [4.78, 5) is 9.17. The van der Waals surface area contributed by atoms with E-state index in [-0.39, 0.29) is 0 Å². The van der Waals surface area contributed by atoms with Gasteiger partial charge in [-0.25, -0.2) is 0 Å². The average molecular weight is 300 g/mol. The number of para-hydroxylation sites is 1. The summed E-state index contributed by atoms with van der Waals surface area (Å²) in [5.41, 5.74) is 1.43. The molecule has 0 saturated heterocycles. The summed E-state index contributed by atoms with van der Waals surface area (Å²) in [5, 5.41) is 8.33. The number of carbonyl (C=O) groups excluding carboxylic acids is 1. The van der Waals surface area contributed by atoms with Crippen LogP contribution in [0.5, 0.6) is 11.5 Å². The van der Waals surface area contributed by atoms with Gasteiger partial charge >= 0.3 is 0 Å². The van der Waals surface area contributed by atoms with E-state index in [9.17, 15) is 4.79 Å². The number of methoxy groups -OCH3 is 2. The fourth-order valence-electron chi connectivity index (χ4n) is 1.56. The van der Waals surface area contributed by atoms with Crippen LogP contribution in [0.15, 0.2) is 58.8 Å². The van der Waals surface area contributed by atoms with Gasteiger partial charge in [-0.2, -0.15) is 5.11 Å². The zero-order valence-corrected chi connectivity index (χ0v) is 13.0. The summed E-state index contributed by atoms with van der Waals surface area (Å²) in [6, 6.07) is 15.0. The van der Waals surface area contributed by atoms with Gasteiger partial charge in [0.2, 0.25) is 0 Å². The predicted octanol–water partition coefficient (Wildman–Crippen LogP) is 4.71. The first-order valence-electron chi connectivity index (χ1n) is 6.88. The molecule has 0 spiro atoms. The SMILES string of the molecule is CCC=O.COc1cccc(N=Nc2ccccc2)c1OC. The Kier molecular flexibility index (Phi) is 7.97. The third kappa shape index (κ3) is 5.36. The first-order chi connectivity index (χ1) is 10.8. The van der Waals surface area contributed by atoms with Crippen LogP contribution in [0.4, 0.5) is 11.4 Å². The van der Waals surface area contributed by atoms with E-state index in [1.54, 1.807) is 14.2 Å². The smallest absolute Gasteiger partial charge is 0.188 e. The number of hydrogen-bond acceptors (Lipinski definition) is 5. The zero-order chi connectivity index (χ0) is 16.2. The highest BCUT2D eigenvalue weighted by Gasteiger charge is 2.08. The molecule has 116 valence electrons. The van der Waals surface area contributed by atoms with Crippen LogP contribution in [-0.4, -0.2) is 20.5 Å². The van der Waals surface area contributed by atoms with E-state index in [4.69, 9.17) is 9.47 Å². The molecule has 22 heavy (non-hydrogen) atoms. The second-order valence-electron chi connectivity index (χ2n) is 4.12. The van der Waals surface area contributed by atoms with Crippen molar-refractivity contribution in [3.63, 3.8) is 0 Å². The van der Waals surface area contributed by atoms with E-state index in [0.29, 0.717) is 23.6 Å². The molecule has 5 heteroatoms. The number of benzene rings is 2. The van der Waals surface area contributed by atoms with Gasteiger partial charge in [-0.05, 0) is 24.3 Å². The zero-order valence-electron chi connectivity index (χ0n) is 13.0. The minimum atomic E-state index is 0.583. The van der Waals surface area contributed by atoms with Crippen LogP contribution in [0, 0.1) is 0 Å². The van der Waals surface area contributed by atoms with Crippen LogP contribution in [0.2, 0.25) is 0 Å². The van der Waals surface area contributed by atoms with Crippen molar-refractivity contribution in [2.24, 2.45) is 10.2 Å². The van der Waals surface area contributed by atoms with E-state index in [0.717, 1.165) is 12.0 Å². The second-order valence-corrected chi connectivity index (χ2v) is 4.12. The van der Waals surface area contributed by atoms with Gasteiger partial charge in [0.25, 0.3) is 0 Å².